The van der Waals surface area contributed by atoms with Gasteiger partial charge in [0.25, 0.3) is 0 Å². The maximum Gasteiger partial charge on any atom is 0.0587 e. The predicted octanol–water partition coefficient (Wildman–Crippen LogP) is 2.01. The Morgan fingerprint density at radius 3 is 2.65 bits per heavy atom. The van der Waals surface area contributed by atoms with Crippen molar-refractivity contribution in [2.24, 2.45) is 0 Å². The molecule has 1 rings (SSSR count). The smallest absolute Gasteiger partial charge is 0.0587 e. The molecule has 0 amide bonds. The van der Waals surface area contributed by atoms with Crippen LogP contribution in [0.25, 0.3) is 0 Å². The maximum absolute atomic E-state index is 4.96. The van der Waals surface area contributed by atoms with Crippen LogP contribution in [0.2, 0.25) is 0 Å². The summed E-state index contributed by atoms with van der Waals surface area (Å²) in [6, 6.07) is 8.48. The van der Waals surface area contributed by atoms with Crippen molar-refractivity contribution < 1.29 is 4.74 Å². The van der Waals surface area contributed by atoms with E-state index in [0.29, 0.717) is 0 Å². The van der Waals surface area contributed by atoms with Gasteiger partial charge in [0.15, 0.2) is 0 Å². The number of hydrogen-bond donors (Lipinski definition) is 2. The molecule has 3 nitrogen and oxygen atoms in total. The summed E-state index contributed by atoms with van der Waals surface area (Å²) >= 11 is 2.38. The molecule has 0 aliphatic rings. The Balaban J connectivity index is 1.99. The van der Waals surface area contributed by atoms with E-state index in [4.69, 9.17) is 4.74 Å². The Hall–Kier alpha value is -0.170. The topological polar surface area (TPSA) is 33.3 Å². The largest absolute Gasteiger partial charge is 0.383 e. The number of benzene rings is 1. The van der Waals surface area contributed by atoms with Crippen molar-refractivity contribution in [3.63, 3.8) is 0 Å². The van der Waals surface area contributed by atoms with Crippen LogP contribution in [-0.4, -0.2) is 33.4 Å². The van der Waals surface area contributed by atoms with E-state index in [1.165, 1.54) is 9.13 Å². The van der Waals surface area contributed by atoms with Gasteiger partial charge in [0, 0.05) is 23.8 Å². The van der Waals surface area contributed by atoms with Crippen molar-refractivity contribution in [3.8, 4) is 0 Å². The summed E-state index contributed by atoms with van der Waals surface area (Å²) in [6.07, 6.45) is 1.15. The van der Waals surface area contributed by atoms with E-state index < -0.39 is 0 Å². The summed E-state index contributed by atoms with van der Waals surface area (Å²) in [5, 5.41) is 6.79. The van der Waals surface area contributed by atoms with Crippen LogP contribution in [0.3, 0.4) is 0 Å². The second-order valence-corrected chi connectivity index (χ2v) is 5.03. The lowest BCUT2D eigenvalue weighted by Gasteiger charge is -2.07. The van der Waals surface area contributed by atoms with Gasteiger partial charge in [0.05, 0.1) is 6.61 Å². The molecule has 0 unspecified atom stereocenters. The standard InChI is InChI=1S/C13H21IN2O/c1-17-10-9-15-7-4-8-16-11-12-5-2-3-6-13(12)14/h2-3,5-6,15-16H,4,7-11H2,1H3. The van der Waals surface area contributed by atoms with Crippen LogP contribution in [-0.2, 0) is 11.3 Å². The first kappa shape index (κ1) is 14.9. The molecule has 96 valence electrons. The molecule has 0 radical (unpaired) electrons. The average Bonchev–Trinajstić information content (AvgIpc) is 2.35. The van der Waals surface area contributed by atoms with E-state index in [2.05, 4.69) is 57.5 Å². The highest BCUT2D eigenvalue weighted by Crippen LogP contribution is 2.10. The third kappa shape index (κ3) is 6.98. The number of hydrogen-bond acceptors (Lipinski definition) is 3. The molecular weight excluding hydrogens is 327 g/mol. The van der Waals surface area contributed by atoms with Crippen molar-refractivity contribution in [1.29, 1.82) is 0 Å². The summed E-state index contributed by atoms with van der Waals surface area (Å²) in [5.74, 6) is 0. The van der Waals surface area contributed by atoms with Gasteiger partial charge in [-0.1, -0.05) is 18.2 Å². The van der Waals surface area contributed by atoms with E-state index in [0.717, 1.165) is 39.2 Å². The van der Waals surface area contributed by atoms with Crippen LogP contribution < -0.4 is 10.6 Å². The molecule has 0 heterocycles. The van der Waals surface area contributed by atoms with Crippen molar-refractivity contribution >= 4 is 22.6 Å². The second-order valence-electron chi connectivity index (χ2n) is 3.86. The summed E-state index contributed by atoms with van der Waals surface area (Å²) < 4.78 is 6.29. The van der Waals surface area contributed by atoms with Crippen LogP contribution in [0.1, 0.15) is 12.0 Å². The Bertz CT molecular complexity index is 307. The lowest BCUT2D eigenvalue weighted by Crippen LogP contribution is -2.24. The summed E-state index contributed by atoms with van der Waals surface area (Å²) in [4.78, 5) is 0. The zero-order chi connectivity index (χ0) is 12.3. The Morgan fingerprint density at radius 2 is 1.88 bits per heavy atom. The van der Waals surface area contributed by atoms with Gasteiger partial charge in [0.2, 0.25) is 0 Å². The van der Waals surface area contributed by atoms with Crippen molar-refractivity contribution in [1.82, 2.24) is 10.6 Å². The molecule has 0 aromatic heterocycles. The van der Waals surface area contributed by atoms with E-state index >= 15 is 0 Å². The molecule has 4 heteroatoms. The van der Waals surface area contributed by atoms with Crippen molar-refractivity contribution in [3.05, 3.63) is 33.4 Å². The number of rotatable bonds is 9. The van der Waals surface area contributed by atoms with Crippen molar-refractivity contribution in [2.45, 2.75) is 13.0 Å². The summed E-state index contributed by atoms with van der Waals surface area (Å²) in [5.41, 5.74) is 1.38. The Kier molecular flexibility index (Phi) is 8.60. The van der Waals surface area contributed by atoms with E-state index in [1.807, 2.05) is 0 Å². The van der Waals surface area contributed by atoms with E-state index in [9.17, 15) is 0 Å². The monoisotopic (exact) mass is 348 g/mol. The van der Waals surface area contributed by atoms with E-state index in [-0.39, 0.29) is 0 Å². The van der Waals surface area contributed by atoms with Gasteiger partial charge in [-0.2, -0.15) is 0 Å². The van der Waals surface area contributed by atoms with Gasteiger partial charge in [0.1, 0.15) is 0 Å². The highest BCUT2D eigenvalue weighted by Gasteiger charge is 1.96. The molecule has 0 saturated heterocycles. The molecule has 0 saturated carbocycles. The first-order valence-corrected chi connectivity index (χ1v) is 7.06. The fourth-order valence-electron chi connectivity index (χ4n) is 1.50. The highest BCUT2D eigenvalue weighted by atomic mass is 127. The van der Waals surface area contributed by atoms with Crippen LogP contribution in [0, 0.1) is 3.57 Å². The first-order valence-electron chi connectivity index (χ1n) is 5.98. The Morgan fingerprint density at radius 1 is 1.12 bits per heavy atom. The van der Waals surface area contributed by atoms with Gasteiger partial charge in [-0.15, -0.1) is 0 Å². The molecular formula is C13H21IN2O. The normalized spacial score (nSPS) is 10.7. The number of nitrogens with one attached hydrogen (secondary N) is 2. The van der Waals surface area contributed by atoms with Crippen LogP contribution in [0.4, 0.5) is 0 Å². The quantitative estimate of drug-likeness (QED) is 0.529. The molecule has 1 aromatic rings. The van der Waals surface area contributed by atoms with Gasteiger partial charge in [-0.25, -0.2) is 0 Å². The molecule has 0 bridgehead atoms. The fraction of sp³-hybridized carbons (Fsp3) is 0.538. The highest BCUT2D eigenvalue weighted by molar-refractivity contribution is 14.1. The lowest BCUT2D eigenvalue weighted by molar-refractivity contribution is 0.199. The number of methoxy groups -OCH3 is 1. The second kappa shape index (κ2) is 9.82. The molecule has 1 aromatic carbocycles. The van der Waals surface area contributed by atoms with Crippen LogP contribution >= 0.6 is 22.6 Å². The van der Waals surface area contributed by atoms with Gasteiger partial charge >= 0.3 is 0 Å². The molecule has 0 aliphatic carbocycles. The van der Waals surface area contributed by atoms with Gasteiger partial charge < -0.3 is 15.4 Å². The molecule has 0 aliphatic heterocycles. The van der Waals surface area contributed by atoms with Crippen molar-refractivity contribution in [2.75, 3.05) is 33.4 Å². The number of halogens is 1. The molecule has 0 atom stereocenters. The third-order valence-electron chi connectivity index (χ3n) is 2.46. The Labute approximate surface area is 117 Å². The minimum absolute atomic E-state index is 0.787. The fourth-order valence-corrected chi connectivity index (χ4v) is 2.08. The number of ether oxygens (including phenoxy) is 1. The van der Waals surface area contributed by atoms with Crippen LogP contribution in [0.5, 0.6) is 0 Å². The summed E-state index contributed by atoms with van der Waals surface area (Å²) in [6.45, 7) is 4.77. The summed E-state index contributed by atoms with van der Waals surface area (Å²) in [7, 11) is 1.73. The maximum atomic E-state index is 4.96. The first-order chi connectivity index (χ1) is 8.34. The predicted molar refractivity (Wildman–Crippen MR) is 80.2 cm³/mol. The lowest BCUT2D eigenvalue weighted by atomic mass is 10.2. The minimum atomic E-state index is 0.787. The average molecular weight is 348 g/mol. The van der Waals surface area contributed by atoms with Gasteiger partial charge in [-0.05, 0) is 53.7 Å². The zero-order valence-corrected chi connectivity index (χ0v) is 12.5. The molecule has 2 N–H and O–H groups in total. The third-order valence-corrected chi connectivity index (χ3v) is 3.52. The SMILES string of the molecule is COCCNCCCNCc1ccccc1I. The van der Waals surface area contributed by atoms with Crippen LogP contribution in [0.15, 0.2) is 24.3 Å². The molecule has 0 spiro atoms. The molecule has 0 fully saturated rings. The van der Waals surface area contributed by atoms with Gasteiger partial charge in [-0.3, -0.25) is 0 Å². The zero-order valence-electron chi connectivity index (χ0n) is 10.3. The minimum Gasteiger partial charge on any atom is -0.383 e. The van der Waals surface area contributed by atoms with E-state index in [1.54, 1.807) is 7.11 Å². The molecule has 17 heavy (non-hydrogen) atoms.